The van der Waals surface area contributed by atoms with Crippen LogP contribution in [0.4, 0.5) is 0 Å². The molecule has 1 aromatic heterocycles. The molecule has 0 aliphatic heterocycles. The molecular formula is C11H10N2. The van der Waals surface area contributed by atoms with Crippen LogP contribution in [0.5, 0.6) is 0 Å². The van der Waals surface area contributed by atoms with E-state index in [4.69, 9.17) is 0 Å². The second kappa shape index (κ2) is 2.22. The van der Waals surface area contributed by atoms with Gasteiger partial charge in [-0.05, 0) is 36.6 Å². The van der Waals surface area contributed by atoms with Crippen molar-refractivity contribution in [1.29, 1.82) is 0 Å². The molecule has 3 rings (SSSR count). The van der Waals surface area contributed by atoms with E-state index in [1.807, 2.05) is 6.92 Å². The Hall–Kier alpha value is -1.57. The maximum Gasteiger partial charge on any atom is 0.104 e. The first-order valence-corrected chi connectivity index (χ1v) is 4.49. The minimum absolute atomic E-state index is 0.989. The van der Waals surface area contributed by atoms with E-state index in [0.717, 1.165) is 23.3 Å². The lowest BCUT2D eigenvalue weighted by Crippen LogP contribution is -1.81. The first-order chi connectivity index (χ1) is 6.33. The van der Waals surface area contributed by atoms with Crippen LogP contribution >= 0.6 is 0 Å². The van der Waals surface area contributed by atoms with E-state index < -0.39 is 0 Å². The molecule has 0 fully saturated rings. The summed E-state index contributed by atoms with van der Waals surface area (Å²) < 4.78 is 0. The van der Waals surface area contributed by atoms with Crippen molar-refractivity contribution < 1.29 is 0 Å². The van der Waals surface area contributed by atoms with Gasteiger partial charge in [-0.2, -0.15) is 0 Å². The molecule has 13 heavy (non-hydrogen) atoms. The Morgan fingerprint density at radius 3 is 3.23 bits per heavy atom. The van der Waals surface area contributed by atoms with Crippen molar-refractivity contribution in [2.45, 2.75) is 13.3 Å². The van der Waals surface area contributed by atoms with Crippen molar-refractivity contribution in [3.05, 3.63) is 35.2 Å². The van der Waals surface area contributed by atoms with Crippen LogP contribution < -0.4 is 0 Å². The van der Waals surface area contributed by atoms with E-state index in [9.17, 15) is 0 Å². The molecule has 1 N–H and O–H groups in total. The Morgan fingerprint density at radius 1 is 1.38 bits per heavy atom. The van der Waals surface area contributed by atoms with Gasteiger partial charge in [0.05, 0.1) is 11.0 Å². The maximum absolute atomic E-state index is 4.40. The standard InChI is InChI=1S/C11H10N2/c1-7-12-10-5-8-3-2-4-9(8)6-11(10)13-7/h2-3,5-6H,4H2,1H3,(H,12,13). The van der Waals surface area contributed by atoms with Crippen LogP contribution in [-0.4, -0.2) is 9.97 Å². The number of H-pyrrole nitrogens is 1. The van der Waals surface area contributed by atoms with Crippen LogP contribution in [0, 0.1) is 6.92 Å². The summed E-state index contributed by atoms with van der Waals surface area (Å²) in [5.41, 5.74) is 4.94. The number of rotatable bonds is 0. The van der Waals surface area contributed by atoms with Gasteiger partial charge >= 0.3 is 0 Å². The third kappa shape index (κ3) is 0.917. The normalized spacial score (nSPS) is 13.9. The highest BCUT2D eigenvalue weighted by Crippen LogP contribution is 2.24. The van der Waals surface area contributed by atoms with Crippen molar-refractivity contribution in [3.8, 4) is 0 Å². The third-order valence-corrected chi connectivity index (χ3v) is 2.50. The highest BCUT2D eigenvalue weighted by Gasteiger charge is 2.08. The number of aryl methyl sites for hydroxylation is 1. The maximum atomic E-state index is 4.40. The van der Waals surface area contributed by atoms with Crippen LogP contribution in [0.1, 0.15) is 17.0 Å². The SMILES string of the molecule is Cc1nc2cc3c(cc2[nH]1)CC=C3. The molecule has 64 valence electrons. The summed E-state index contributed by atoms with van der Waals surface area (Å²) in [5, 5.41) is 0. The summed E-state index contributed by atoms with van der Waals surface area (Å²) in [7, 11) is 0. The van der Waals surface area contributed by atoms with Crippen molar-refractivity contribution in [3.63, 3.8) is 0 Å². The zero-order valence-corrected chi connectivity index (χ0v) is 7.46. The minimum atomic E-state index is 0.989. The van der Waals surface area contributed by atoms with Crippen molar-refractivity contribution in [2.24, 2.45) is 0 Å². The first kappa shape index (κ1) is 6.89. The van der Waals surface area contributed by atoms with E-state index in [0.29, 0.717) is 0 Å². The van der Waals surface area contributed by atoms with Gasteiger partial charge in [0.25, 0.3) is 0 Å². The van der Waals surface area contributed by atoms with Gasteiger partial charge in [-0.3, -0.25) is 0 Å². The lowest BCUT2D eigenvalue weighted by atomic mass is 10.1. The summed E-state index contributed by atoms with van der Waals surface area (Å²) >= 11 is 0. The summed E-state index contributed by atoms with van der Waals surface area (Å²) in [6.45, 7) is 1.99. The van der Waals surface area contributed by atoms with Gasteiger partial charge in [0.1, 0.15) is 5.82 Å². The number of benzene rings is 1. The topological polar surface area (TPSA) is 28.7 Å². The molecule has 0 bridgehead atoms. The average Bonchev–Trinajstić information content (AvgIpc) is 2.63. The van der Waals surface area contributed by atoms with Crippen LogP contribution in [0.15, 0.2) is 18.2 Å². The number of aromatic amines is 1. The highest BCUT2D eigenvalue weighted by atomic mass is 14.9. The Balaban J connectivity index is 2.39. The number of aromatic nitrogens is 2. The van der Waals surface area contributed by atoms with Crippen molar-refractivity contribution in [1.82, 2.24) is 9.97 Å². The van der Waals surface area contributed by atoms with E-state index in [1.165, 1.54) is 11.1 Å². The van der Waals surface area contributed by atoms with E-state index in [2.05, 4.69) is 34.3 Å². The van der Waals surface area contributed by atoms with E-state index in [-0.39, 0.29) is 0 Å². The Bertz CT molecular complexity index is 506. The molecule has 0 spiro atoms. The van der Waals surface area contributed by atoms with E-state index in [1.54, 1.807) is 0 Å². The molecule has 0 radical (unpaired) electrons. The molecule has 1 aliphatic rings. The Morgan fingerprint density at radius 2 is 2.31 bits per heavy atom. The molecular weight excluding hydrogens is 160 g/mol. The van der Waals surface area contributed by atoms with Crippen LogP contribution in [0.25, 0.3) is 17.1 Å². The van der Waals surface area contributed by atoms with Gasteiger partial charge in [-0.25, -0.2) is 4.98 Å². The molecule has 0 atom stereocenters. The van der Waals surface area contributed by atoms with Gasteiger partial charge in [-0.15, -0.1) is 0 Å². The first-order valence-electron chi connectivity index (χ1n) is 4.49. The number of fused-ring (bicyclic) bond motifs is 2. The van der Waals surface area contributed by atoms with Gasteiger partial charge in [0.2, 0.25) is 0 Å². The zero-order chi connectivity index (χ0) is 8.84. The molecule has 2 heteroatoms. The summed E-state index contributed by atoms with van der Waals surface area (Å²) in [5.74, 6) is 0.989. The largest absolute Gasteiger partial charge is 0.342 e. The second-order valence-electron chi connectivity index (χ2n) is 3.50. The predicted molar refractivity (Wildman–Crippen MR) is 53.6 cm³/mol. The molecule has 0 amide bonds. The molecule has 0 saturated carbocycles. The molecule has 0 unspecified atom stereocenters. The number of hydrogen-bond acceptors (Lipinski definition) is 1. The van der Waals surface area contributed by atoms with Crippen molar-refractivity contribution in [2.75, 3.05) is 0 Å². The van der Waals surface area contributed by atoms with Gasteiger partial charge < -0.3 is 4.98 Å². The molecule has 2 aromatic rings. The summed E-state index contributed by atoms with van der Waals surface area (Å²) in [4.78, 5) is 7.65. The molecule has 0 saturated heterocycles. The van der Waals surface area contributed by atoms with Crippen LogP contribution in [0.2, 0.25) is 0 Å². The number of nitrogens with one attached hydrogen (secondary N) is 1. The Kier molecular flexibility index (Phi) is 1.18. The van der Waals surface area contributed by atoms with Crippen LogP contribution in [0.3, 0.4) is 0 Å². The molecule has 1 heterocycles. The lowest BCUT2D eigenvalue weighted by molar-refractivity contribution is 1.17. The second-order valence-corrected chi connectivity index (χ2v) is 3.50. The van der Waals surface area contributed by atoms with Gasteiger partial charge in [0, 0.05) is 0 Å². The molecule has 1 aromatic carbocycles. The number of nitrogens with zero attached hydrogens (tertiary/aromatic N) is 1. The number of allylic oxidation sites excluding steroid dienone is 1. The summed E-state index contributed by atoms with van der Waals surface area (Å²) in [6, 6.07) is 4.35. The average molecular weight is 170 g/mol. The predicted octanol–water partition coefficient (Wildman–Crippen LogP) is 2.44. The number of hydrogen-bond donors (Lipinski definition) is 1. The number of imidazole rings is 1. The lowest BCUT2D eigenvalue weighted by Gasteiger charge is -1.96. The van der Waals surface area contributed by atoms with E-state index >= 15 is 0 Å². The van der Waals surface area contributed by atoms with Crippen LogP contribution in [-0.2, 0) is 6.42 Å². The fraction of sp³-hybridized carbons (Fsp3) is 0.182. The zero-order valence-electron chi connectivity index (χ0n) is 7.46. The summed E-state index contributed by atoms with van der Waals surface area (Å²) in [6.07, 6.45) is 5.42. The van der Waals surface area contributed by atoms with Gasteiger partial charge in [-0.1, -0.05) is 12.2 Å². The van der Waals surface area contributed by atoms with Crippen molar-refractivity contribution >= 4 is 17.1 Å². The smallest absolute Gasteiger partial charge is 0.104 e. The Labute approximate surface area is 76.3 Å². The third-order valence-electron chi connectivity index (χ3n) is 2.50. The quantitative estimate of drug-likeness (QED) is 0.646. The highest BCUT2D eigenvalue weighted by molar-refractivity contribution is 5.81. The fourth-order valence-electron chi connectivity index (χ4n) is 1.89. The molecule has 2 nitrogen and oxygen atoms in total. The molecule has 1 aliphatic carbocycles. The van der Waals surface area contributed by atoms with Gasteiger partial charge in [0.15, 0.2) is 0 Å². The minimum Gasteiger partial charge on any atom is -0.342 e. The monoisotopic (exact) mass is 170 g/mol. The fourth-order valence-corrected chi connectivity index (χ4v) is 1.89.